The van der Waals surface area contributed by atoms with E-state index in [0.717, 1.165) is 16.8 Å². The molecule has 1 fully saturated rings. The molecular formula is C16H19N3O3. The third-order valence-corrected chi connectivity index (χ3v) is 4.25. The van der Waals surface area contributed by atoms with Gasteiger partial charge in [0.05, 0.1) is 6.42 Å². The molecule has 22 heavy (non-hydrogen) atoms. The van der Waals surface area contributed by atoms with E-state index in [2.05, 4.69) is 10.6 Å². The molecule has 2 aliphatic rings. The fourth-order valence-corrected chi connectivity index (χ4v) is 2.94. The summed E-state index contributed by atoms with van der Waals surface area (Å²) in [6.07, 6.45) is 2.14. The Hall–Kier alpha value is -2.37. The summed E-state index contributed by atoms with van der Waals surface area (Å²) < 4.78 is 0. The van der Waals surface area contributed by atoms with Crippen molar-refractivity contribution in [2.24, 2.45) is 0 Å². The standard InChI is InChI=1S/C16H19N3O3/c1-19-13-4-2-10(8-11(13)9-15(19)21)6-7-17-16(22)12-3-5-14(20)18-12/h2,4,8,12H,3,5-7,9H2,1H3,(H,17,22)(H,18,20). The third kappa shape index (κ3) is 2.81. The Morgan fingerprint density at radius 2 is 2.23 bits per heavy atom. The number of nitrogens with zero attached hydrogens (tertiary/aromatic N) is 1. The minimum Gasteiger partial charge on any atom is -0.354 e. The first kappa shape index (κ1) is 14.6. The molecule has 6 heteroatoms. The third-order valence-electron chi connectivity index (χ3n) is 4.25. The van der Waals surface area contributed by atoms with Gasteiger partial charge in [0.1, 0.15) is 6.04 Å². The number of hydrogen-bond acceptors (Lipinski definition) is 3. The minimum absolute atomic E-state index is 0.0624. The van der Waals surface area contributed by atoms with Gasteiger partial charge >= 0.3 is 0 Å². The molecule has 2 N–H and O–H groups in total. The highest BCUT2D eigenvalue weighted by atomic mass is 16.2. The number of carbonyl (C=O) groups excluding carboxylic acids is 3. The molecule has 0 saturated carbocycles. The molecule has 6 nitrogen and oxygen atoms in total. The van der Waals surface area contributed by atoms with Crippen molar-refractivity contribution in [1.82, 2.24) is 10.6 Å². The van der Waals surface area contributed by atoms with Crippen LogP contribution in [-0.2, 0) is 27.2 Å². The molecule has 2 aliphatic heterocycles. The van der Waals surface area contributed by atoms with Crippen LogP contribution in [0.4, 0.5) is 5.69 Å². The van der Waals surface area contributed by atoms with Gasteiger partial charge < -0.3 is 15.5 Å². The van der Waals surface area contributed by atoms with Gasteiger partial charge in [-0.2, -0.15) is 0 Å². The lowest BCUT2D eigenvalue weighted by Gasteiger charge is -2.12. The lowest BCUT2D eigenvalue weighted by Crippen LogP contribution is -2.42. The van der Waals surface area contributed by atoms with Crippen LogP contribution < -0.4 is 15.5 Å². The number of rotatable bonds is 4. The molecule has 2 heterocycles. The van der Waals surface area contributed by atoms with E-state index in [0.29, 0.717) is 32.2 Å². The highest BCUT2D eigenvalue weighted by Crippen LogP contribution is 2.28. The van der Waals surface area contributed by atoms with Crippen LogP contribution in [0, 0.1) is 0 Å². The summed E-state index contributed by atoms with van der Waals surface area (Å²) in [5, 5.41) is 5.50. The van der Waals surface area contributed by atoms with Crippen LogP contribution in [0.1, 0.15) is 24.0 Å². The molecular weight excluding hydrogens is 282 g/mol. The van der Waals surface area contributed by atoms with Crippen LogP contribution in [0.2, 0.25) is 0 Å². The number of nitrogens with one attached hydrogen (secondary N) is 2. The van der Waals surface area contributed by atoms with Crippen molar-refractivity contribution in [3.63, 3.8) is 0 Å². The Morgan fingerprint density at radius 1 is 1.41 bits per heavy atom. The number of fused-ring (bicyclic) bond motifs is 1. The van der Waals surface area contributed by atoms with Crippen LogP contribution in [0.3, 0.4) is 0 Å². The van der Waals surface area contributed by atoms with Gasteiger partial charge in [0.2, 0.25) is 17.7 Å². The lowest BCUT2D eigenvalue weighted by molar-refractivity contribution is -0.125. The molecule has 0 spiro atoms. The second-order valence-corrected chi connectivity index (χ2v) is 5.79. The van der Waals surface area contributed by atoms with Gasteiger partial charge in [-0.3, -0.25) is 14.4 Å². The second kappa shape index (κ2) is 5.79. The number of amides is 3. The highest BCUT2D eigenvalue weighted by Gasteiger charge is 2.27. The Labute approximate surface area is 128 Å². The van der Waals surface area contributed by atoms with E-state index < -0.39 is 6.04 Å². The molecule has 1 aromatic rings. The van der Waals surface area contributed by atoms with Crippen molar-refractivity contribution in [1.29, 1.82) is 0 Å². The smallest absolute Gasteiger partial charge is 0.242 e. The second-order valence-electron chi connectivity index (χ2n) is 5.79. The molecule has 0 aromatic heterocycles. The highest BCUT2D eigenvalue weighted by molar-refractivity contribution is 6.00. The number of hydrogen-bond donors (Lipinski definition) is 2. The predicted molar refractivity (Wildman–Crippen MR) is 81.4 cm³/mol. The van der Waals surface area contributed by atoms with Gasteiger partial charge in [0.25, 0.3) is 0 Å². The van der Waals surface area contributed by atoms with Crippen molar-refractivity contribution < 1.29 is 14.4 Å². The fraction of sp³-hybridized carbons (Fsp3) is 0.438. The van der Waals surface area contributed by atoms with E-state index in [-0.39, 0.29) is 17.7 Å². The van der Waals surface area contributed by atoms with E-state index >= 15 is 0 Å². The van der Waals surface area contributed by atoms with Crippen molar-refractivity contribution in [2.45, 2.75) is 31.7 Å². The first-order chi connectivity index (χ1) is 10.5. The molecule has 1 unspecified atom stereocenters. The minimum atomic E-state index is -0.390. The first-order valence-electron chi connectivity index (χ1n) is 7.50. The molecule has 116 valence electrons. The van der Waals surface area contributed by atoms with E-state index in [4.69, 9.17) is 0 Å². The zero-order valence-corrected chi connectivity index (χ0v) is 12.5. The average molecular weight is 301 g/mol. The fourth-order valence-electron chi connectivity index (χ4n) is 2.94. The summed E-state index contributed by atoms with van der Waals surface area (Å²) in [5.41, 5.74) is 3.10. The zero-order valence-electron chi connectivity index (χ0n) is 12.5. The number of carbonyl (C=O) groups is 3. The maximum atomic E-state index is 11.9. The monoisotopic (exact) mass is 301 g/mol. The summed E-state index contributed by atoms with van der Waals surface area (Å²) in [7, 11) is 1.78. The largest absolute Gasteiger partial charge is 0.354 e. The zero-order chi connectivity index (χ0) is 15.7. The Kier molecular flexibility index (Phi) is 3.83. The Bertz CT molecular complexity index is 642. The van der Waals surface area contributed by atoms with Crippen molar-refractivity contribution in [2.75, 3.05) is 18.5 Å². The van der Waals surface area contributed by atoms with Crippen LogP contribution in [0.5, 0.6) is 0 Å². The number of likely N-dealkylation sites (N-methyl/N-ethyl adjacent to an activating group) is 1. The lowest BCUT2D eigenvalue weighted by atomic mass is 10.1. The SMILES string of the molecule is CN1C(=O)Cc2cc(CCNC(=O)C3CCC(=O)N3)ccc21. The van der Waals surface area contributed by atoms with Crippen LogP contribution in [-0.4, -0.2) is 37.4 Å². The van der Waals surface area contributed by atoms with E-state index in [1.165, 1.54) is 0 Å². The van der Waals surface area contributed by atoms with Gasteiger partial charge in [-0.25, -0.2) is 0 Å². The molecule has 3 amide bonds. The van der Waals surface area contributed by atoms with Crippen molar-refractivity contribution in [3.8, 4) is 0 Å². The summed E-state index contributed by atoms with van der Waals surface area (Å²) in [4.78, 5) is 36.3. The molecule has 1 atom stereocenters. The molecule has 3 rings (SSSR count). The molecule has 0 bridgehead atoms. The quantitative estimate of drug-likeness (QED) is 0.830. The summed E-state index contributed by atoms with van der Waals surface area (Å²) in [6, 6.07) is 5.57. The van der Waals surface area contributed by atoms with E-state index in [9.17, 15) is 14.4 Å². The van der Waals surface area contributed by atoms with E-state index in [1.54, 1.807) is 11.9 Å². The van der Waals surface area contributed by atoms with Crippen molar-refractivity contribution in [3.05, 3.63) is 29.3 Å². The van der Waals surface area contributed by atoms with Crippen molar-refractivity contribution >= 4 is 23.4 Å². The maximum absolute atomic E-state index is 11.9. The number of benzene rings is 1. The van der Waals surface area contributed by atoms with Crippen LogP contribution in [0.25, 0.3) is 0 Å². The number of anilines is 1. The molecule has 0 aliphatic carbocycles. The maximum Gasteiger partial charge on any atom is 0.242 e. The summed E-state index contributed by atoms with van der Waals surface area (Å²) in [6.45, 7) is 0.522. The molecule has 1 saturated heterocycles. The topological polar surface area (TPSA) is 78.5 Å². The van der Waals surface area contributed by atoms with Gasteiger partial charge in [0.15, 0.2) is 0 Å². The Balaban J connectivity index is 1.52. The molecule has 1 aromatic carbocycles. The van der Waals surface area contributed by atoms with Crippen LogP contribution >= 0.6 is 0 Å². The van der Waals surface area contributed by atoms with Crippen LogP contribution in [0.15, 0.2) is 18.2 Å². The predicted octanol–water partition coefficient (Wildman–Crippen LogP) is 0.143. The summed E-state index contributed by atoms with van der Waals surface area (Å²) >= 11 is 0. The average Bonchev–Trinajstić information content (AvgIpc) is 3.04. The van der Waals surface area contributed by atoms with Gasteiger partial charge in [0, 0.05) is 25.7 Å². The molecule has 0 radical (unpaired) electrons. The van der Waals surface area contributed by atoms with Gasteiger partial charge in [-0.15, -0.1) is 0 Å². The summed E-state index contributed by atoms with van der Waals surface area (Å²) in [5.74, 6) is -0.0769. The van der Waals surface area contributed by atoms with Gasteiger partial charge in [-0.05, 0) is 30.0 Å². The Morgan fingerprint density at radius 3 is 2.95 bits per heavy atom. The van der Waals surface area contributed by atoms with Gasteiger partial charge in [-0.1, -0.05) is 12.1 Å². The normalized spacial score (nSPS) is 20.0. The van der Waals surface area contributed by atoms with E-state index in [1.807, 2.05) is 18.2 Å². The first-order valence-corrected chi connectivity index (χ1v) is 7.50.